The third-order valence-electron chi connectivity index (χ3n) is 6.33. The number of anilines is 6. The topological polar surface area (TPSA) is 36.8 Å². The van der Waals surface area contributed by atoms with Crippen molar-refractivity contribution in [3.05, 3.63) is 110 Å². The van der Waals surface area contributed by atoms with E-state index >= 15 is 0 Å². The van der Waals surface area contributed by atoms with E-state index in [2.05, 4.69) is 120 Å². The van der Waals surface area contributed by atoms with Crippen molar-refractivity contribution >= 4 is 34.1 Å². The first-order valence-electron chi connectivity index (χ1n) is 11.1. The van der Waals surface area contributed by atoms with Gasteiger partial charge in [-0.1, -0.05) is 36.4 Å². The summed E-state index contributed by atoms with van der Waals surface area (Å²) in [6.07, 6.45) is 0. The summed E-state index contributed by atoms with van der Waals surface area (Å²) in [4.78, 5) is 8.61. The molecule has 0 atom stereocenters. The van der Waals surface area contributed by atoms with E-state index in [9.17, 15) is 5.26 Å². The molecule has 4 aromatic carbocycles. The summed E-state index contributed by atoms with van der Waals surface area (Å²) in [7, 11) is 4.12. The van der Waals surface area contributed by atoms with Gasteiger partial charge >= 0.3 is 0 Å². The molecule has 0 unspecified atom stereocenters. The quantitative estimate of drug-likeness (QED) is 0.244. The Morgan fingerprint density at radius 3 is 1.57 bits per heavy atom. The fourth-order valence-corrected chi connectivity index (χ4v) is 4.61. The second kappa shape index (κ2) is 9.10. The number of hydrogen-bond donors (Lipinski definition) is 0. The summed E-state index contributed by atoms with van der Waals surface area (Å²) in [6, 6.07) is 34.6. The molecule has 2 aliphatic rings. The Bertz CT molecular complexity index is 1350. The molecule has 0 radical (unpaired) electrons. The Morgan fingerprint density at radius 1 is 0.657 bits per heavy atom. The van der Waals surface area contributed by atoms with Gasteiger partial charge in [0.2, 0.25) is 0 Å². The third kappa shape index (κ3) is 3.93. The zero-order valence-electron chi connectivity index (χ0n) is 19.3. The van der Waals surface area contributed by atoms with Gasteiger partial charge in [0.15, 0.2) is 0 Å². The fraction of sp³-hybridized carbons (Fsp3) is 0.0690. The molecule has 0 fully saturated rings. The van der Waals surface area contributed by atoms with Crippen molar-refractivity contribution in [2.45, 2.75) is 0 Å². The number of rotatable bonds is 3. The molecule has 2 aliphatic heterocycles. The molecule has 6 heteroatoms. The zero-order chi connectivity index (χ0) is 23.2. The van der Waals surface area contributed by atoms with Crippen LogP contribution in [0.1, 0.15) is 5.56 Å². The molecule has 0 amide bonds. The van der Waals surface area contributed by atoms with Crippen LogP contribution in [0.2, 0.25) is 0 Å². The minimum absolute atomic E-state index is 0. The van der Waals surface area contributed by atoms with Crippen molar-refractivity contribution < 1.29 is 19.8 Å². The average molecular weight is 631 g/mol. The number of nitrogens with zero attached hydrogens (tertiary/aromatic N) is 5. The molecule has 5 nitrogen and oxygen atoms in total. The minimum atomic E-state index is 0. The number of benzene rings is 4. The van der Waals surface area contributed by atoms with Gasteiger partial charge in [-0.2, -0.15) is 18.6 Å². The van der Waals surface area contributed by atoms with E-state index in [1.54, 1.807) is 0 Å². The predicted octanol–water partition coefficient (Wildman–Crippen LogP) is 6.44. The molecule has 0 N–H and O–H groups in total. The molecule has 174 valence electrons. The second-order valence-electron chi connectivity index (χ2n) is 8.50. The molecule has 2 heterocycles. The maximum absolute atomic E-state index is 9.22. The van der Waals surface area contributed by atoms with Gasteiger partial charge in [-0.15, -0.1) is 35.1 Å². The molecule has 4 aromatic rings. The summed E-state index contributed by atoms with van der Waals surface area (Å²) in [5.41, 5.74) is 9.21. The molecule has 0 spiro atoms. The summed E-state index contributed by atoms with van der Waals surface area (Å²) in [5, 5.41) is 9.22. The molecule has 6 rings (SSSR count). The standard InChI is InChI=1S/C29H22N5.Os/c1-31-19-33(28-9-5-3-7-26(28)31)24-15-23(22-13-11-21(18-30)12-14-22)16-25(17-24)34-20-32(2)27-8-4-6-10-29(27)34;/h3-16,19-20H,1-2H3;/q-3;. The first-order valence-corrected chi connectivity index (χ1v) is 11.1. The van der Waals surface area contributed by atoms with Gasteiger partial charge < -0.3 is 19.6 Å². The first kappa shape index (κ1) is 23.0. The third-order valence-corrected chi connectivity index (χ3v) is 6.33. The van der Waals surface area contributed by atoms with Crippen LogP contribution in [0.4, 0.5) is 34.1 Å². The maximum Gasteiger partial charge on any atom is 0.0991 e. The van der Waals surface area contributed by atoms with Crippen LogP contribution in [0.15, 0.2) is 84.9 Å². The van der Waals surface area contributed by atoms with Crippen LogP contribution < -0.4 is 19.6 Å². The van der Waals surface area contributed by atoms with Gasteiger partial charge in [-0.3, -0.25) is 0 Å². The van der Waals surface area contributed by atoms with Crippen molar-refractivity contribution in [3.8, 4) is 17.2 Å². The van der Waals surface area contributed by atoms with Gasteiger partial charge in [-0.05, 0) is 56.1 Å². The average Bonchev–Trinajstić information content (AvgIpc) is 3.41. The van der Waals surface area contributed by atoms with E-state index in [0.717, 1.165) is 45.3 Å². The summed E-state index contributed by atoms with van der Waals surface area (Å²) in [6.45, 7) is 4.19. The molecule has 0 saturated heterocycles. The Hall–Kier alpha value is -3.79. The van der Waals surface area contributed by atoms with Crippen molar-refractivity contribution in [3.63, 3.8) is 0 Å². The van der Waals surface area contributed by atoms with E-state index in [4.69, 9.17) is 0 Å². The normalized spacial score (nSPS) is 13.9. The van der Waals surface area contributed by atoms with Crippen LogP contribution in [0.3, 0.4) is 0 Å². The Balaban J connectivity index is 0.00000253. The van der Waals surface area contributed by atoms with Crippen molar-refractivity contribution in [2.24, 2.45) is 0 Å². The van der Waals surface area contributed by atoms with Crippen LogP contribution in [0.25, 0.3) is 11.1 Å². The van der Waals surface area contributed by atoms with Crippen molar-refractivity contribution in [2.75, 3.05) is 33.7 Å². The Labute approximate surface area is 219 Å². The predicted molar refractivity (Wildman–Crippen MR) is 138 cm³/mol. The fourth-order valence-electron chi connectivity index (χ4n) is 4.61. The number of fused-ring (bicyclic) bond motifs is 2. The van der Waals surface area contributed by atoms with E-state index in [-0.39, 0.29) is 19.8 Å². The van der Waals surface area contributed by atoms with Crippen molar-refractivity contribution in [1.82, 2.24) is 0 Å². The van der Waals surface area contributed by atoms with Gasteiger partial charge in [0.1, 0.15) is 0 Å². The largest absolute Gasteiger partial charge is 0.504 e. The SMILES string of the molecule is CN1[CH-]N(c2[c-]c(N3[CH-]N(C)c4ccccc43)cc(-c3ccc(C#N)cc3)c2)c2ccccc21.[Os]. The molecule has 0 aliphatic carbocycles. The second-order valence-corrected chi connectivity index (χ2v) is 8.50. The number of para-hydroxylation sites is 4. The number of nitriles is 1. The van der Waals surface area contributed by atoms with E-state index < -0.39 is 0 Å². The van der Waals surface area contributed by atoms with Crippen LogP contribution in [-0.2, 0) is 19.8 Å². The molecule has 0 saturated carbocycles. The van der Waals surface area contributed by atoms with E-state index in [1.165, 1.54) is 0 Å². The van der Waals surface area contributed by atoms with Crippen LogP contribution in [0, 0.1) is 30.7 Å². The maximum atomic E-state index is 9.22. The molecule has 35 heavy (non-hydrogen) atoms. The van der Waals surface area contributed by atoms with E-state index in [1.807, 2.05) is 24.3 Å². The monoisotopic (exact) mass is 632 g/mol. The van der Waals surface area contributed by atoms with Gasteiger partial charge in [0.05, 0.1) is 11.6 Å². The van der Waals surface area contributed by atoms with Crippen molar-refractivity contribution in [1.29, 1.82) is 5.26 Å². The molecular weight excluding hydrogens is 609 g/mol. The summed E-state index contributed by atoms with van der Waals surface area (Å²) < 4.78 is 0. The van der Waals surface area contributed by atoms with Gasteiger partial charge in [0.25, 0.3) is 0 Å². The van der Waals surface area contributed by atoms with E-state index in [0.29, 0.717) is 5.56 Å². The smallest absolute Gasteiger partial charge is 0.0991 e. The Morgan fingerprint density at radius 2 is 1.11 bits per heavy atom. The summed E-state index contributed by atoms with van der Waals surface area (Å²) in [5.74, 6) is 0. The summed E-state index contributed by atoms with van der Waals surface area (Å²) >= 11 is 0. The Kier molecular flexibility index (Phi) is 5.97. The molecule has 0 aromatic heterocycles. The van der Waals surface area contributed by atoms with Gasteiger partial charge in [0, 0.05) is 42.5 Å². The van der Waals surface area contributed by atoms with Gasteiger partial charge in [-0.25, -0.2) is 0 Å². The molecule has 0 bridgehead atoms. The zero-order valence-corrected chi connectivity index (χ0v) is 21.9. The minimum Gasteiger partial charge on any atom is -0.504 e. The first-order chi connectivity index (χ1) is 16.6. The van der Waals surface area contributed by atoms with Crippen LogP contribution >= 0.6 is 0 Å². The van der Waals surface area contributed by atoms with Crippen LogP contribution in [0.5, 0.6) is 0 Å². The van der Waals surface area contributed by atoms with Crippen LogP contribution in [-0.4, -0.2) is 14.1 Å². The number of hydrogen-bond acceptors (Lipinski definition) is 5. The molecular formula is C29H22N5Os-3.